The Bertz CT molecular complexity index is 755. The van der Waals surface area contributed by atoms with Crippen LogP contribution in [0.25, 0.3) is 0 Å². The van der Waals surface area contributed by atoms with Crippen LogP contribution in [0.1, 0.15) is 44.7 Å². The van der Waals surface area contributed by atoms with Gasteiger partial charge in [0, 0.05) is 5.69 Å². The average molecular weight is 354 g/mol. The maximum atomic E-state index is 12.4. The lowest BCUT2D eigenvalue weighted by molar-refractivity contribution is -0.141. The molecule has 0 radical (unpaired) electrons. The van der Waals surface area contributed by atoms with Crippen LogP contribution < -0.4 is 10.8 Å². The van der Waals surface area contributed by atoms with E-state index in [0.29, 0.717) is 11.6 Å². The Balaban J connectivity index is 1.84. The van der Waals surface area contributed by atoms with Crippen LogP contribution in [0.2, 0.25) is 0 Å². The van der Waals surface area contributed by atoms with Crippen LogP contribution in [0.3, 0.4) is 0 Å². The molecule has 0 atom stereocenters. The summed E-state index contributed by atoms with van der Waals surface area (Å²) in [5.74, 6) is -0.260. The molecular formula is C21H26N2O3. The minimum absolute atomic E-state index is 0.261. The van der Waals surface area contributed by atoms with Crippen molar-refractivity contribution >= 4 is 17.5 Å². The van der Waals surface area contributed by atoms with E-state index in [9.17, 15) is 9.59 Å². The summed E-state index contributed by atoms with van der Waals surface area (Å²) in [5.41, 5.74) is 4.33. The van der Waals surface area contributed by atoms with Crippen molar-refractivity contribution in [3.05, 3.63) is 65.7 Å². The van der Waals surface area contributed by atoms with Gasteiger partial charge in [0.15, 0.2) is 6.61 Å². The first-order valence-electron chi connectivity index (χ1n) is 8.68. The van der Waals surface area contributed by atoms with Gasteiger partial charge in [-0.25, -0.2) is 5.48 Å². The van der Waals surface area contributed by atoms with Gasteiger partial charge >= 0.3 is 0 Å². The molecule has 5 nitrogen and oxygen atoms in total. The van der Waals surface area contributed by atoms with Crippen molar-refractivity contribution in [1.82, 2.24) is 5.48 Å². The third-order valence-electron chi connectivity index (χ3n) is 4.27. The van der Waals surface area contributed by atoms with Crippen molar-refractivity contribution in [1.29, 1.82) is 0 Å². The first-order chi connectivity index (χ1) is 12.3. The molecule has 2 rings (SSSR count). The number of hydrogen-bond donors (Lipinski definition) is 2. The molecule has 0 aliphatic heterocycles. The quantitative estimate of drug-likeness (QED) is 0.744. The smallest absolute Gasteiger partial charge is 0.253 e. The third-order valence-corrected chi connectivity index (χ3v) is 4.27. The molecule has 138 valence electrons. The van der Waals surface area contributed by atoms with E-state index in [1.807, 2.05) is 54.6 Å². The molecule has 0 unspecified atom stereocenters. The Labute approximate surface area is 154 Å². The molecular weight excluding hydrogens is 328 g/mol. The molecule has 2 aromatic rings. The van der Waals surface area contributed by atoms with Gasteiger partial charge in [-0.05, 0) is 43.0 Å². The fraction of sp³-hybridized carbons (Fsp3) is 0.333. The monoisotopic (exact) mass is 354 g/mol. The lowest BCUT2D eigenvalue weighted by Gasteiger charge is -2.23. The molecule has 2 N–H and O–H groups in total. The number of nitrogens with one attached hydrogen (secondary N) is 2. The van der Waals surface area contributed by atoms with Crippen LogP contribution in [-0.4, -0.2) is 18.4 Å². The van der Waals surface area contributed by atoms with Crippen LogP contribution in [0.5, 0.6) is 0 Å². The maximum Gasteiger partial charge on any atom is 0.253 e. The second-order valence-corrected chi connectivity index (χ2v) is 7.04. The maximum absolute atomic E-state index is 12.4. The van der Waals surface area contributed by atoms with Crippen molar-refractivity contribution in [3.63, 3.8) is 0 Å². The largest absolute Gasteiger partial charge is 0.324 e. The predicted octanol–water partition coefficient (Wildman–Crippen LogP) is 3.77. The number of carbonyl (C=O) groups is 2. The Hall–Kier alpha value is -2.66. The van der Waals surface area contributed by atoms with Gasteiger partial charge in [0.05, 0.1) is 5.41 Å². The summed E-state index contributed by atoms with van der Waals surface area (Å²) in [6.07, 6.45) is 0. The van der Waals surface area contributed by atoms with E-state index in [1.54, 1.807) is 13.8 Å². The van der Waals surface area contributed by atoms with Crippen molar-refractivity contribution < 1.29 is 14.4 Å². The van der Waals surface area contributed by atoms with Gasteiger partial charge < -0.3 is 5.32 Å². The summed E-state index contributed by atoms with van der Waals surface area (Å²) in [7, 11) is 0. The standard InChI is InChI=1S/C21H26N2O3/c1-15(2)16-9-8-12-18(13-16)22-19(24)14-26-23-20(25)21(3,4)17-10-6-5-7-11-17/h5-13,15H,14H2,1-4H3,(H,22,24)(H,23,25). The van der Waals surface area contributed by atoms with Gasteiger partial charge in [0.1, 0.15) is 0 Å². The third kappa shape index (κ3) is 5.17. The number of carbonyl (C=O) groups excluding carboxylic acids is 2. The van der Waals surface area contributed by atoms with Crippen molar-refractivity contribution in [2.24, 2.45) is 0 Å². The summed E-state index contributed by atoms with van der Waals surface area (Å²) in [4.78, 5) is 29.5. The Kier molecular flexibility index (Phi) is 6.52. The number of hydrogen-bond acceptors (Lipinski definition) is 3. The average Bonchev–Trinajstić information content (AvgIpc) is 2.62. The molecule has 0 fully saturated rings. The lowest BCUT2D eigenvalue weighted by Crippen LogP contribution is -2.41. The second kappa shape index (κ2) is 8.63. The molecule has 0 aliphatic carbocycles. The SMILES string of the molecule is CC(C)c1cccc(NC(=O)CONC(=O)C(C)(C)c2ccccc2)c1. The van der Waals surface area contributed by atoms with E-state index < -0.39 is 5.41 Å². The molecule has 0 aromatic heterocycles. The molecule has 0 bridgehead atoms. The second-order valence-electron chi connectivity index (χ2n) is 7.04. The van der Waals surface area contributed by atoms with Crippen molar-refractivity contribution in [2.75, 3.05) is 11.9 Å². The summed E-state index contributed by atoms with van der Waals surface area (Å²) in [6.45, 7) is 7.53. The molecule has 5 heteroatoms. The van der Waals surface area contributed by atoms with E-state index in [1.165, 1.54) is 0 Å². The van der Waals surface area contributed by atoms with Gasteiger partial charge in [0.2, 0.25) is 0 Å². The van der Waals surface area contributed by atoms with E-state index in [-0.39, 0.29) is 18.4 Å². The normalized spacial score (nSPS) is 11.3. The van der Waals surface area contributed by atoms with Gasteiger partial charge in [-0.2, -0.15) is 0 Å². The first-order valence-corrected chi connectivity index (χ1v) is 8.68. The molecule has 2 aromatic carbocycles. The van der Waals surface area contributed by atoms with E-state index in [0.717, 1.165) is 11.1 Å². The van der Waals surface area contributed by atoms with Gasteiger partial charge in [0.25, 0.3) is 11.8 Å². The Morgan fingerprint density at radius 2 is 1.73 bits per heavy atom. The molecule has 2 amide bonds. The van der Waals surface area contributed by atoms with Crippen LogP contribution in [-0.2, 0) is 19.8 Å². The molecule has 0 saturated carbocycles. The highest BCUT2D eigenvalue weighted by Gasteiger charge is 2.29. The number of amides is 2. The van der Waals surface area contributed by atoms with Crippen molar-refractivity contribution in [3.8, 4) is 0 Å². The van der Waals surface area contributed by atoms with Crippen LogP contribution >= 0.6 is 0 Å². The Morgan fingerprint density at radius 1 is 1.04 bits per heavy atom. The molecule has 0 spiro atoms. The topological polar surface area (TPSA) is 67.4 Å². The first kappa shape index (κ1) is 19.7. The Morgan fingerprint density at radius 3 is 2.38 bits per heavy atom. The van der Waals surface area contributed by atoms with Crippen LogP contribution in [0.15, 0.2) is 54.6 Å². The van der Waals surface area contributed by atoms with Gasteiger partial charge in [-0.15, -0.1) is 0 Å². The van der Waals surface area contributed by atoms with Crippen molar-refractivity contribution in [2.45, 2.75) is 39.0 Å². The molecule has 0 aliphatic rings. The predicted molar refractivity (Wildman–Crippen MR) is 103 cm³/mol. The van der Waals surface area contributed by atoms with E-state index in [4.69, 9.17) is 4.84 Å². The highest BCUT2D eigenvalue weighted by atomic mass is 16.7. The number of hydroxylamine groups is 1. The van der Waals surface area contributed by atoms with Gasteiger partial charge in [-0.3, -0.25) is 14.4 Å². The minimum Gasteiger partial charge on any atom is -0.324 e. The zero-order valence-electron chi connectivity index (χ0n) is 15.7. The fourth-order valence-electron chi connectivity index (χ4n) is 2.45. The molecule has 26 heavy (non-hydrogen) atoms. The number of anilines is 1. The highest BCUT2D eigenvalue weighted by molar-refractivity contribution is 5.92. The van der Waals surface area contributed by atoms with E-state index >= 15 is 0 Å². The number of benzene rings is 2. The molecule has 0 saturated heterocycles. The van der Waals surface area contributed by atoms with E-state index in [2.05, 4.69) is 24.6 Å². The fourth-order valence-corrected chi connectivity index (χ4v) is 2.45. The van der Waals surface area contributed by atoms with Gasteiger partial charge in [-0.1, -0.05) is 56.3 Å². The minimum atomic E-state index is -0.761. The summed E-state index contributed by atoms with van der Waals surface area (Å²) in [5, 5.41) is 2.77. The lowest BCUT2D eigenvalue weighted by atomic mass is 9.84. The zero-order chi connectivity index (χ0) is 19.2. The summed E-state index contributed by atoms with van der Waals surface area (Å²) >= 11 is 0. The van der Waals surface area contributed by atoms with Crippen LogP contribution in [0.4, 0.5) is 5.69 Å². The summed E-state index contributed by atoms with van der Waals surface area (Å²) in [6, 6.07) is 17.1. The van der Waals surface area contributed by atoms with Crippen LogP contribution in [0, 0.1) is 0 Å². The zero-order valence-corrected chi connectivity index (χ0v) is 15.7. The summed E-state index contributed by atoms with van der Waals surface area (Å²) < 4.78 is 0. The highest BCUT2D eigenvalue weighted by Crippen LogP contribution is 2.23. The molecule has 0 heterocycles. The number of rotatable bonds is 7.